The number of carbonyl (C=O) groups is 4. The normalized spacial score (nSPS) is 30.8. The molecular weight excluding hydrogens is 588 g/mol. The van der Waals surface area contributed by atoms with Crippen LogP contribution in [0.15, 0.2) is 0 Å². The molecule has 45 heavy (non-hydrogen) atoms. The lowest BCUT2D eigenvalue weighted by molar-refractivity contribution is -0.136. The van der Waals surface area contributed by atoms with Crippen molar-refractivity contribution in [2.45, 2.75) is 103 Å². The molecule has 11 nitrogen and oxygen atoms in total. The number of hydrogen-bond donors (Lipinski definition) is 3. The molecule has 4 amide bonds. The maximum atomic E-state index is 14.0. The lowest BCUT2D eigenvalue weighted by Gasteiger charge is -2.40. The average molecular weight is 642 g/mol. The molecular formula is C32H53F2N5O6. The van der Waals surface area contributed by atoms with Gasteiger partial charge in [-0.1, -0.05) is 20.8 Å². The highest BCUT2D eigenvalue weighted by Crippen LogP contribution is 2.37. The van der Waals surface area contributed by atoms with E-state index in [1.165, 1.54) is 0 Å². The van der Waals surface area contributed by atoms with E-state index in [0.717, 1.165) is 0 Å². The standard InChI is InChI=1S/C32H53F2N5O6/c1-31(2,3)18-29(42)38-12-7-22-16-27(40)35-11-13-44-14-15-45-21-28(41)37-24-17-26(30(43)36-10-6-23(22)19-38)39(20-24)25-4-8-32(33,34)9-5-25/h22-26H,4-21H2,1-3H3,(H,35,40)(H,36,43)(H,37,41)/t22-,23-,24+,26+/m0/s1. The number of carbonyl (C=O) groups excluding carboxylic acids is 4. The zero-order valence-electron chi connectivity index (χ0n) is 27.2. The molecule has 1 aliphatic carbocycles. The summed E-state index contributed by atoms with van der Waals surface area (Å²) in [5, 5.41) is 8.95. The predicted molar refractivity (Wildman–Crippen MR) is 163 cm³/mol. The Balaban J connectivity index is 1.45. The largest absolute Gasteiger partial charge is 0.377 e. The second-order valence-electron chi connectivity index (χ2n) is 14.5. The van der Waals surface area contributed by atoms with Crippen molar-refractivity contribution in [2.75, 3.05) is 59.2 Å². The van der Waals surface area contributed by atoms with Gasteiger partial charge >= 0.3 is 0 Å². The Morgan fingerprint density at radius 2 is 1.64 bits per heavy atom. The van der Waals surface area contributed by atoms with Crippen molar-refractivity contribution in [1.82, 2.24) is 25.8 Å². The number of fused-ring (bicyclic) bond motifs is 3. The van der Waals surface area contributed by atoms with Crippen LogP contribution in [-0.2, 0) is 28.7 Å². The summed E-state index contributed by atoms with van der Waals surface area (Å²) in [6.45, 7) is 9.06. The number of nitrogens with zero attached hydrogens (tertiary/aromatic N) is 2. The van der Waals surface area contributed by atoms with Gasteiger partial charge < -0.3 is 30.3 Å². The van der Waals surface area contributed by atoms with Crippen LogP contribution in [0.25, 0.3) is 0 Å². The van der Waals surface area contributed by atoms with Gasteiger partial charge in [-0.05, 0) is 49.4 Å². The minimum atomic E-state index is -2.68. The van der Waals surface area contributed by atoms with Gasteiger partial charge in [0.05, 0.1) is 25.9 Å². The van der Waals surface area contributed by atoms with Crippen LogP contribution in [0.4, 0.5) is 8.78 Å². The first-order valence-corrected chi connectivity index (χ1v) is 16.7. The summed E-state index contributed by atoms with van der Waals surface area (Å²) in [7, 11) is 0. The van der Waals surface area contributed by atoms with E-state index in [2.05, 4.69) is 16.0 Å². The molecule has 4 atom stereocenters. The Labute approximate surface area is 265 Å². The van der Waals surface area contributed by atoms with Crippen molar-refractivity contribution >= 4 is 23.6 Å². The SMILES string of the molecule is CC(C)(C)CC(=O)N1CC[C@H]2CC(=O)NCCOCCOCC(=O)N[C@@H]3C[C@H](C(=O)NCC[C@H]2C1)N(C1CCC(F)(F)CC1)C3. The quantitative estimate of drug-likeness (QED) is 0.421. The fourth-order valence-corrected chi connectivity index (χ4v) is 7.18. The van der Waals surface area contributed by atoms with Gasteiger partial charge in [0.15, 0.2) is 0 Å². The molecule has 256 valence electrons. The van der Waals surface area contributed by atoms with Crippen LogP contribution in [-0.4, -0.2) is 117 Å². The van der Waals surface area contributed by atoms with Crippen LogP contribution in [0.2, 0.25) is 0 Å². The van der Waals surface area contributed by atoms with Gasteiger partial charge in [0, 0.05) is 70.5 Å². The first-order chi connectivity index (χ1) is 21.3. The third-order valence-corrected chi connectivity index (χ3v) is 9.52. The smallest absolute Gasteiger partial charge is 0.248 e. The highest BCUT2D eigenvalue weighted by atomic mass is 19.3. The van der Waals surface area contributed by atoms with Gasteiger partial charge in [-0.15, -0.1) is 0 Å². The van der Waals surface area contributed by atoms with E-state index in [0.29, 0.717) is 84.3 Å². The number of amides is 4. The molecule has 4 aliphatic rings. The Morgan fingerprint density at radius 1 is 0.911 bits per heavy atom. The minimum Gasteiger partial charge on any atom is -0.377 e. The van der Waals surface area contributed by atoms with Crippen LogP contribution in [0.3, 0.4) is 0 Å². The highest BCUT2D eigenvalue weighted by molar-refractivity contribution is 5.83. The topological polar surface area (TPSA) is 129 Å². The molecule has 3 N–H and O–H groups in total. The second-order valence-corrected chi connectivity index (χ2v) is 14.5. The molecule has 0 aromatic rings. The van der Waals surface area contributed by atoms with Crippen LogP contribution >= 0.6 is 0 Å². The van der Waals surface area contributed by atoms with Crippen LogP contribution in [0.1, 0.15) is 78.6 Å². The summed E-state index contributed by atoms with van der Waals surface area (Å²) in [6, 6.07) is -1.01. The molecule has 0 aromatic carbocycles. The molecule has 0 spiro atoms. The second kappa shape index (κ2) is 15.9. The number of halogens is 2. The van der Waals surface area contributed by atoms with Gasteiger partial charge in [-0.25, -0.2) is 8.78 Å². The van der Waals surface area contributed by atoms with Crippen molar-refractivity contribution in [1.29, 1.82) is 0 Å². The maximum Gasteiger partial charge on any atom is 0.248 e. The van der Waals surface area contributed by atoms with E-state index in [-0.39, 0.29) is 85.6 Å². The van der Waals surface area contributed by atoms with Crippen molar-refractivity contribution in [3.63, 3.8) is 0 Å². The van der Waals surface area contributed by atoms with Gasteiger partial charge in [0.25, 0.3) is 0 Å². The van der Waals surface area contributed by atoms with Gasteiger partial charge in [-0.3, -0.25) is 24.1 Å². The number of hydrogen-bond acceptors (Lipinski definition) is 7. The van der Waals surface area contributed by atoms with E-state index in [4.69, 9.17) is 9.47 Å². The Bertz CT molecular complexity index is 1030. The van der Waals surface area contributed by atoms with E-state index < -0.39 is 12.0 Å². The molecule has 3 aliphatic heterocycles. The molecule has 2 bridgehead atoms. The van der Waals surface area contributed by atoms with Crippen molar-refractivity contribution < 1.29 is 37.4 Å². The Hall–Kier alpha value is -2.38. The minimum absolute atomic E-state index is 0.0310. The van der Waals surface area contributed by atoms with Crippen molar-refractivity contribution in [2.24, 2.45) is 17.3 Å². The summed E-state index contributed by atoms with van der Waals surface area (Å²) in [4.78, 5) is 56.0. The molecule has 13 heteroatoms. The third-order valence-electron chi connectivity index (χ3n) is 9.52. The molecule has 4 rings (SSSR count). The summed E-state index contributed by atoms with van der Waals surface area (Å²) < 4.78 is 38.9. The Kier molecular flexibility index (Phi) is 12.6. The van der Waals surface area contributed by atoms with Crippen molar-refractivity contribution in [3.8, 4) is 0 Å². The van der Waals surface area contributed by atoms with Crippen LogP contribution < -0.4 is 16.0 Å². The summed E-state index contributed by atoms with van der Waals surface area (Å²) >= 11 is 0. The third kappa shape index (κ3) is 11.1. The monoisotopic (exact) mass is 641 g/mol. The molecule has 3 saturated heterocycles. The predicted octanol–water partition coefficient (Wildman–Crippen LogP) is 2.08. The number of ether oxygens (including phenoxy) is 2. The van der Waals surface area contributed by atoms with E-state index in [9.17, 15) is 28.0 Å². The fraction of sp³-hybridized carbons (Fsp3) is 0.875. The van der Waals surface area contributed by atoms with Crippen LogP contribution in [0.5, 0.6) is 0 Å². The lowest BCUT2D eigenvalue weighted by atomic mass is 9.80. The molecule has 4 fully saturated rings. The molecule has 3 heterocycles. The maximum absolute atomic E-state index is 14.0. The summed E-state index contributed by atoms with van der Waals surface area (Å²) in [6.07, 6.45) is 2.64. The van der Waals surface area contributed by atoms with E-state index >= 15 is 0 Å². The zero-order valence-corrected chi connectivity index (χ0v) is 27.2. The number of alkyl halides is 2. The van der Waals surface area contributed by atoms with Gasteiger partial charge in [-0.2, -0.15) is 0 Å². The fourth-order valence-electron chi connectivity index (χ4n) is 7.18. The van der Waals surface area contributed by atoms with Gasteiger partial charge in [0.2, 0.25) is 29.6 Å². The average Bonchev–Trinajstić information content (AvgIpc) is 3.37. The first-order valence-electron chi connectivity index (χ1n) is 16.7. The summed E-state index contributed by atoms with van der Waals surface area (Å²) in [5.74, 6) is -3.04. The Morgan fingerprint density at radius 3 is 2.38 bits per heavy atom. The molecule has 0 unspecified atom stereocenters. The zero-order chi connectivity index (χ0) is 32.6. The summed E-state index contributed by atoms with van der Waals surface area (Å²) in [5.41, 5.74) is -0.135. The number of rotatable bonds is 2. The van der Waals surface area contributed by atoms with Crippen LogP contribution in [0, 0.1) is 17.3 Å². The van der Waals surface area contributed by atoms with Gasteiger partial charge in [0.1, 0.15) is 6.61 Å². The van der Waals surface area contributed by atoms with E-state index in [1.54, 1.807) is 0 Å². The number of piperidine rings is 1. The highest BCUT2D eigenvalue weighted by Gasteiger charge is 2.45. The molecule has 0 aromatic heterocycles. The first kappa shape index (κ1) is 35.5. The molecule has 1 saturated carbocycles. The number of nitrogens with one attached hydrogen (secondary N) is 3. The number of likely N-dealkylation sites (tertiary alicyclic amines) is 2. The van der Waals surface area contributed by atoms with E-state index in [1.807, 2.05) is 30.6 Å². The van der Waals surface area contributed by atoms with Crippen molar-refractivity contribution in [3.05, 3.63) is 0 Å². The lowest BCUT2D eigenvalue weighted by Crippen LogP contribution is -2.50. The molecule has 0 radical (unpaired) electrons.